The summed E-state index contributed by atoms with van der Waals surface area (Å²) in [6.45, 7) is 0.0408. The van der Waals surface area contributed by atoms with E-state index in [4.69, 9.17) is 5.11 Å². The number of carboxylic acids is 1. The lowest BCUT2D eigenvalue weighted by Crippen LogP contribution is -2.47. The summed E-state index contributed by atoms with van der Waals surface area (Å²) in [5.74, 6) is -3.16. The van der Waals surface area contributed by atoms with E-state index in [-0.39, 0.29) is 13.1 Å². The molecule has 0 spiro atoms. The average Bonchev–Trinajstić information content (AvgIpc) is 2.15. The molecule has 0 aromatic rings. The number of piperidine rings is 1. The largest absolute Gasteiger partial charge is 0.481 e. The van der Waals surface area contributed by atoms with Crippen molar-refractivity contribution in [3.05, 3.63) is 0 Å². The van der Waals surface area contributed by atoms with Crippen molar-refractivity contribution < 1.29 is 23.5 Å². The van der Waals surface area contributed by atoms with E-state index in [1.54, 1.807) is 0 Å². The molecular weight excluding hydrogens is 276 g/mol. The van der Waals surface area contributed by atoms with Gasteiger partial charge in [-0.25, -0.2) is 0 Å². The molecule has 0 bridgehead atoms. The Morgan fingerprint density at radius 3 is 2.53 bits per heavy atom. The number of likely N-dealkylation sites (tertiary alicyclic amines) is 1. The van der Waals surface area contributed by atoms with E-state index in [0.29, 0.717) is 12.8 Å². The average molecular weight is 286 g/mol. The van der Waals surface area contributed by atoms with Crippen LogP contribution in [0.2, 0.25) is 0 Å². The summed E-state index contributed by atoms with van der Waals surface area (Å²) in [6.07, 6.45) is 0.860. The van der Waals surface area contributed by atoms with Crippen LogP contribution in [0.4, 0.5) is 8.78 Å². The summed E-state index contributed by atoms with van der Waals surface area (Å²) in [4.78, 5) is 19.0. The Balaban J connectivity index is 2.64. The predicted octanol–water partition coefficient (Wildman–Crippen LogP) is 1.30. The van der Waals surface area contributed by atoms with Crippen LogP contribution in [0, 0.1) is 5.92 Å². The van der Waals surface area contributed by atoms with Gasteiger partial charge in [-0.1, -0.05) is 0 Å². The molecule has 86 valence electrons. The van der Waals surface area contributed by atoms with Crippen molar-refractivity contribution in [2.45, 2.75) is 17.7 Å². The van der Waals surface area contributed by atoms with Gasteiger partial charge in [0.05, 0.1) is 5.92 Å². The number of rotatable bonds is 2. The number of alkyl halides is 3. The third-order valence-electron chi connectivity index (χ3n) is 2.30. The molecule has 0 aliphatic carbocycles. The summed E-state index contributed by atoms with van der Waals surface area (Å²) in [7, 11) is 0. The first-order chi connectivity index (χ1) is 6.82. The van der Waals surface area contributed by atoms with Gasteiger partial charge in [0, 0.05) is 29.0 Å². The lowest BCUT2D eigenvalue weighted by atomic mass is 9.98. The molecule has 0 aromatic heterocycles. The fraction of sp³-hybridized carbons (Fsp3) is 0.750. The molecule has 1 N–H and O–H groups in total. The Bertz CT molecular complexity index is 280. The molecule has 0 saturated carbocycles. The quantitative estimate of drug-likeness (QED) is 0.778. The molecule has 1 unspecified atom stereocenters. The maximum atomic E-state index is 12.6. The number of halogens is 3. The summed E-state index contributed by atoms with van der Waals surface area (Å²) in [5.41, 5.74) is 0. The van der Waals surface area contributed by atoms with Crippen molar-refractivity contribution in [2.24, 2.45) is 5.92 Å². The maximum absolute atomic E-state index is 12.6. The SMILES string of the molecule is O=C(O)C1CCCN(C(=O)C(F)(F)Br)C1. The molecule has 1 atom stereocenters. The topological polar surface area (TPSA) is 57.6 Å². The normalized spacial score (nSPS) is 22.6. The predicted molar refractivity (Wildman–Crippen MR) is 50.8 cm³/mol. The maximum Gasteiger partial charge on any atom is 0.377 e. The van der Waals surface area contributed by atoms with Crippen LogP contribution in [-0.2, 0) is 9.59 Å². The van der Waals surface area contributed by atoms with Crippen molar-refractivity contribution in [3.8, 4) is 0 Å². The second-order valence-corrected chi connectivity index (χ2v) is 4.42. The Hall–Kier alpha value is -0.720. The highest BCUT2D eigenvalue weighted by molar-refractivity contribution is 9.10. The summed E-state index contributed by atoms with van der Waals surface area (Å²) in [6, 6.07) is 0. The monoisotopic (exact) mass is 285 g/mol. The fourth-order valence-corrected chi connectivity index (χ4v) is 1.79. The highest BCUT2D eigenvalue weighted by Crippen LogP contribution is 2.27. The van der Waals surface area contributed by atoms with Gasteiger partial charge in [0.25, 0.3) is 0 Å². The van der Waals surface area contributed by atoms with Crippen molar-refractivity contribution in [2.75, 3.05) is 13.1 Å². The van der Waals surface area contributed by atoms with Crippen molar-refractivity contribution in [1.82, 2.24) is 4.90 Å². The lowest BCUT2D eigenvalue weighted by molar-refractivity contribution is -0.151. The zero-order chi connectivity index (χ0) is 11.6. The van der Waals surface area contributed by atoms with Crippen LogP contribution < -0.4 is 0 Å². The van der Waals surface area contributed by atoms with Gasteiger partial charge in [-0.3, -0.25) is 9.59 Å². The first-order valence-electron chi connectivity index (χ1n) is 4.41. The van der Waals surface area contributed by atoms with Gasteiger partial charge in [0.2, 0.25) is 0 Å². The van der Waals surface area contributed by atoms with Crippen LogP contribution in [0.25, 0.3) is 0 Å². The molecular formula is C8H10BrF2NO3. The van der Waals surface area contributed by atoms with Gasteiger partial charge in [-0.2, -0.15) is 8.78 Å². The zero-order valence-corrected chi connectivity index (χ0v) is 9.34. The molecule has 7 heteroatoms. The third kappa shape index (κ3) is 3.12. The molecule has 1 fully saturated rings. The standard InChI is InChI=1S/C8H10BrF2NO3/c9-8(10,11)7(15)12-3-1-2-5(4-12)6(13)14/h5H,1-4H2,(H,13,14). The summed E-state index contributed by atoms with van der Waals surface area (Å²) < 4.78 is 25.2. The molecule has 0 radical (unpaired) electrons. The van der Waals surface area contributed by atoms with Crippen molar-refractivity contribution in [1.29, 1.82) is 0 Å². The summed E-state index contributed by atoms with van der Waals surface area (Å²) >= 11 is 1.96. The van der Waals surface area contributed by atoms with Gasteiger partial charge in [0.15, 0.2) is 0 Å². The molecule has 0 aromatic carbocycles. The van der Waals surface area contributed by atoms with Gasteiger partial charge in [-0.15, -0.1) is 0 Å². The summed E-state index contributed by atoms with van der Waals surface area (Å²) in [5, 5.41) is 8.70. The molecule has 4 nitrogen and oxygen atoms in total. The van der Waals surface area contributed by atoms with Crippen LogP contribution in [-0.4, -0.2) is 39.8 Å². The van der Waals surface area contributed by atoms with E-state index in [2.05, 4.69) is 0 Å². The second kappa shape index (κ2) is 4.42. The van der Waals surface area contributed by atoms with E-state index in [0.717, 1.165) is 4.90 Å². The van der Waals surface area contributed by atoms with E-state index >= 15 is 0 Å². The first-order valence-corrected chi connectivity index (χ1v) is 5.20. The molecule has 1 saturated heterocycles. The molecule has 1 heterocycles. The Morgan fingerprint density at radius 1 is 1.47 bits per heavy atom. The van der Waals surface area contributed by atoms with Gasteiger partial charge in [-0.05, 0) is 12.8 Å². The number of amides is 1. The van der Waals surface area contributed by atoms with Gasteiger partial charge >= 0.3 is 16.7 Å². The number of carboxylic acid groups (broad SMARTS) is 1. The molecule has 1 aliphatic rings. The van der Waals surface area contributed by atoms with Crippen LogP contribution in [0.1, 0.15) is 12.8 Å². The molecule has 15 heavy (non-hydrogen) atoms. The van der Waals surface area contributed by atoms with Crippen LogP contribution in [0.5, 0.6) is 0 Å². The van der Waals surface area contributed by atoms with Crippen LogP contribution in [0.3, 0.4) is 0 Å². The third-order valence-corrected chi connectivity index (χ3v) is 2.64. The minimum absolute atomic E-state index is 0.143. The zero-order valence-electron chi connectivity index (χ0n) is 7.75. The van der Waals surface area contributed by atoms with Crippen LogP contribution in [0.15, 0.2) is 0 Å². The lowest BCUT2D eigenvalue weighted by Gasteiger charge is -2.31. The fourth-order valence-electron chi connectivity index (χ4n) is 1.54. The van der Waals surface area contributed by atoms with E-state index in [1.807, 2.05) is 15.9 Å². The Kier molecular flexibility index (Phi) is 3.64. The number of aliphatic carboxylic acids is 1. The Labute approximate surface area is 93.4 Å². The second-order valence-electron chi connectivity index (χ2n) is 3.43. The molecule has 1 amide bonds. The van der Waals surface area contributed by atoms with Gasteiger partial charge in [0.1, 0.15) is 0 Å². The molecule has 1 aliphatic heterocycles. The number of nitrogens with zero attached hydrogens (tertiary/aromatic N) is 1. The van der Waals surface area contributed by atoms with E-state index < -0.39 is 22.6 Å². The number of hydrogen-bond acceptors (Lipinski definition) is 2. The minimum Gasteiger partial charge on any atom is -0.481 e. The highest BCUT2D eigenvalue weighted by Gasteiger charge is 2.41. The van der Waals surface area contributed by atoms with Gasteiger partial charge < -0.3 is 10.0 Å². The number of hydrogen-bond donors (Lipinski definition) is 1. The molecule has 1 rings (SSSR count). The van der Waals surface area contributed by atoms with E-state index in [1.165, 1.54) is 0 Å². The van der Waals surface area contributed by atoms with Crippen molar-refractivity contribution in [3.63, 3.8) is 0 Å². The Morgan fingerprint density at radius 2 is 2.07 bits per heavy atom. The first kappa shape index (κ1) is 12.4. The van der Waals surface area contributed by atoms with Crippen molar-refractivity contribution >= 4 is 27.8 Å². The highest BCUT2D eigenvalue weighted by atomic mass is 79.9. The van der Waals surface area contributed by atoms with Crippen LogP contribution >= 0.6 is 15.9 Å². The van der Waals surface area contributed by atoms with E-state index in [9.17, 15) is 18.4 Å². The number of carbonyl (C=O) groups excluding carboxylic acids is 1. The smallest absolute Gasteiger partial charge is 0.377 e. The number of carbonyl (C=O) groups is 2. The minimum atomic E-state index is -3.60.